The Morgan fingerprint density at radius 2 is 1.95 bits per heavy atom. The van der Waals surface area contributed by atoms with Crippen LogP contribution in [-0.4, -0.2) is 23.5 Å². The molecule has 0 saturated carbocycles. The molecular formula is C15H12N2O5. The minimum Gasteiger partial charge on any atom is -0.485 e. The van der Waals surface area contributed by atoms with Crippen molar-refractivity contribution in [3.8, 4) is 11.5 Å². The molecule has 7 nitrogen and oxygen atoms in total. The minimum atomic E-state index is -0.811. The molecule has 1 N–H and O–H groups in total. The number of carbonyl (C=O) groups excluding carboxylic acids is 1. The number of anilines is 1. The molecule has 0 spiro atoms. The number of benzene rings is 2. The lowest BCUT2D eigenvalue weighted by atomic mass is 10.2. The fourth-order valence-electron chi connectivity index (χ4n) is 2.07. The molecule has 0 saturated heterocycles. The Hall–Kier alpha value is -3.09. The molecule has 3 rings (SSSR count). The number of rotatable bonds is 3. The van der Waals surface area contributed by atoms with Gasteiger partial charge >= 0.3 is 0 Å². The van der Waals surface area contributed by atoms with E-state index in [2.05, 4.69) is 5.32 Å². The molecule has 1 amide bonds. The number of para-hydroxylation sites is 2. The maximum Gasteiger partial charge on any atom is 0.271 e. The van der Waals surface area contributed by atoms with Crippen molar-refractivity contribution < 1.29 is 19.2 Å². The maximum absolute atomic E-state index is 12.2. The van der Waals surface area contributed by atoms with E-state index in [0.717, 1.165) is 0 Å². The van der Waals surface area contributed by atoms with Crippen LogP contribution in [0, 0.1) is 10.1 Å². The Labute approximate surface area is 125 Å². The van der Waals surface area contributed by atoms with Crippen LogP contribution >= 0.6 is 0 Å². The highest BCUT2D eigenvalue weighted by atomic mass is 16.6. The first-order valence-electron chi connectivity index (χ1n) is 6.57. The molecule has 7 heteroatoms. The first kappa shape index (κ1) is 13.9. The monoisotopic (exact) mass is 300 g/mol. The highest BCUT2D eigenvalue weighted by Gasteiger charge is 2.27. The number of nitro benzene ring substituents is 1. The highest BCUT2D eigenvalue weighted by Crippen LogP contribution is 2.31. The summed E-state index contributed by atoms with van der Waals surface area (Å²) in [5.74, 6) is 0.657. The summed E-state index contributed by atoms with van der Waals surface area (Å²) < 4.78 is 11.0. The van der Waals surface area contributed by atoms with E-state index in [9.17, 15) is 14.9 Å². The number of hydrogen-bond acceptors (Lipinski definition) is 5. The van der Waals surface area contributed by atoms with Gasteiger partial charge in [-0.15, -0.1) is 0 Å². The molecular weight excluding hydrogens is 288 g/mol. The van der Waals surface area contributed by atoms with Crippen LogP contribution in [-0.2, 0) is 4.79 Å². The summed E-state index contributed by atoms with van der Waals surface area (Å²) in [5.41, 5.74) is 0.241. The number of nitrogens with zero attached hydrogens (tertiary/aromatic N) is 1. The third-order valence-electron chi connectivity index (χ3n) is 3.13. The topological polar surface area (TPSA) is 90.7 Å². The highest BCUT2D eigenvalue weighted by molar-refractivity contribution is 5.95. The molecule has 1 heterocycles. The van der Waals surface area contributed by atoms with Crippen molar-refractivity contribution in [2.45, 2.75) is 6.10 Å². The lowest BCUT2D eigenvalue weighted by Gasteiger charge is -2.25. The predicted octanol–water partition coefficient (Wildman–Crippen LogP) is 2.37. The second-order valence-electron chi connectivity index (χ2n) is 4.66. The van der Waals surface area contributed by atoms with Crippen molar-refractivity contribution in [2.75, 3.05) is 11.9 Å². The normalized spacial score (nSPS) is 15.9. The third-order valence-corrected chi connectivity index (χ3v) is 3.13. The molecule has 0 fully saturated rings. The second kappa shape index (κ2) is 5.72. The average molecular weight is 300 g/mol. The van der Waals surface area contributed by atoms with Crippen LogP contribution in [0.5, 0.6) is 11.5 Å². The van der Waals surface area contributed by atoms with Gasteiger partial charge in [0.15, 0.2) is 11.5 Å². The van der Waals surface area contributed by atoms with E-state index in [1.165, 1.54) is 18.2 Å². The number of amides is 1. The number of nitrogens with one attached hydrogen (secondary N) is 1. The molecule has 112 valence electrons. The molecule has 0 aromatic heterocycles. The van der Waals surface area contributed by atoms with Crippen molar-refractivity contribution in [3.05, 3.63) is 58.6 Å². The Balaban J connectivity index is 1.71. The van der Waals surface area contributed by atoms with Crippen LogP contribution in [0.3, 0.4) is 0 Å². The molecule has 0 bridgehead atoms. The van der Waals surface area contributed by atoms with E-state index < -0.39 is 16.9 Å². The Kier molecular flexibility index (Phi) is 3.61. The van der Waals surface area contributed by atoms with Crippen molar-refractivity contribution in [3.63, 3.8) is 0 Å². The third kappa shape index (κ3) is 2.83. The average Bonchev–Trinajstić information content (AvgIpc) is 2.54. The van der Waals surface area contributed by atoms with Gasteiger partial charge in [0.1, 0.15) is 6.61 Å². The zero-order chi connectivity index (χ0) is 15.5. The lowest BCUT2D eigenvalue weighted by molar-refractivity contribution is -0.384. The van der Waals surface area contributed by atoms with Gasteiger partial charge in [-0.25, -0.2) is 0 Å². The first-order chi connectivity index (χ1) is 10.6. The molecule has 0 unspecified atom stereocenters. The summed E-state index contributed by atoms with van der Waals surface area (Å²) in [7, 11) is 0. The Morgan fingerprint density at radius 1 is 1.18 bits per heavy atom. The van der Waals surface area contributed by atoms with Crippen LogP contribution in [0.15, 0.2) is 48.5 Å². The van der Waals surface area contributed by atoms with Gasteiger partial charge in [-0.2, -0.15) is 0 Å². The summed E-state index contributed by atoms with van der Waals surface area (Å²) in [5, 5.41) is 13.3. The van der Waals surface area contributed by atoms with Gasteiger partial charge in [0.05, 0.1) is 4.92 Å². The summed E-state index contributed by atoms with van der Waals surface area (Å²) >= 11 is 0. The number of fused-ring (bicyclic) bond motifs is 1. The lowest BCUT2D eigenvalue weighted by Crippen LogP contribution is -2.40. The van der Waals surface area contributed by atoms with Crippen molar-refractivity contribution >= 4 is 17.3 Å². The van der Waals surface area contributed by atoms with Crippen LogP contribution in [0.25, 0.3) is 0 Å². The van der Waals surface area contributed by atoms with Crippen LogP contribution in [0.1, 0.15) is 0 Å². The quantitative estimate of drug-likeness (QED) is 0.694. The largest absolute Gasteiger partial charge is 0.485 e. The van der Waals surface area contributed by atoms with E-state index in [1.807, 2.05) is 6.07 Å². The van der Waals surface area contributed by atoms with Gasteiger partial charge in [-0.1, -0.05) is 18.2 Å². The van der Waals surface area contributed by atoms with E-state index >= 15 is 0 Å². The van der Waals surface area contributed by atoms with Gasteiger partial charge in [-0.3, -0.25) is 14.9 Å². The van der Waals surface area contributed by atoms with E-state index in [4.69, 9.17) is 9.47 Å². The van der Waals surface area contributed by atoms with Gasteiger partial charge in [0, 0.05) is 17.8 Å². The summed E-state index contributed by atoms with van der Waals surface area (Å²) in [6, 6.07) is 12.8. The van der Waals surface area contributed by atoms with Crippen molar-refractivity contribution in [2.24, 2.45) is 0 Å². The molecule has 0 aliphatic carbocycles. The fraction of sp³-hybridized carbons (Fsp3) is 0.133. The van der Waals surface area contributed by atoms with Crippen LogP contribution < -0.4 is 14.8 Å². The Morgan fingerprint density at radius 3 is 2.73 bits per heavy atom. The van der Waals surface area contributed by atoms with E-state index in [-0.39, 0.29) is 12.3 Å². The molecule has 2 aromatic rings. The molecule has 1 aliphatic heterocycles. The van der Waals surface area contributed by atoms with Gasteiger partial charge in [0.25, 0.3) is 11.6 Å². The van der Waals surface area contributed by atoms with E-state index in [1.54, 1.807) is 24.3 Å². The van der Waals surface area contributed by atoms with E-state index in [0.29, 0.717) is 17.2 Å². The number of ether oxygens (including phenoxy) is 2. The van der Waals surface area contributed by atoms with Gasteiger partial charge in [-0.05, 0) is 18.2 Å². The van der Waals surface area contributed by atoms with Crippen molar-refractivity contribution in [1.82, 2.24) is 0 Å². The predicted molar refractivity (Wildman–Crippen MR) is 78.1 cm³/mol. The molecule has 1 atom stereocenters. The van der Waals surface area contributed by atoms with Gasteiger partial charge < -0.3 is 14.8 Å². The second-order valence-corrected chi connectivity index (χ2v) is 4.66. The number of non-ortho nitro benzene ring substituents is 1. The number of nitro groups is 1. The molecule has 2 aromatic carbocycles. The maximum atomic E-state index is 12.2. The number of hydrogen-bond donors (Lipinski definition) is 1. The summed E-state index contributed by atoms with van der Waals surface area (Å²) in [6.45, 7) is 0.0811. The molecule has 22 heavy (non-hydrogen) atoms. The fourth-order valence-corrected chi connectivity index (χ4v) is 2.07. The van der Waals surface area contributed by atoms with Gasteiger partial charge in [0.2, 0.25) is 6.10 Å². The molecule has 1 aliphatic rings. The summed E-state index contributed by atoms with van der Waals surface area (Å²) in [4.78, 5) is 22.4. The summed E-state index contributed by atoms with van der Waals surface area (Å²) in [6.07, 6.45) is -0.811. The smallest absolute Gasteiger partial charge is 0.271 e. The molecule has 0 radical (unpaired) electrons. The standard InChI is InChI=1S/C15H12N2O5/c18-15(16-10-4-3-5-11(8-10)17(19)20)14-9-21-12-6-1-2-7-13(12)22-14/h1-8,14H,9H2,(H,16,18)/t14-/m1/s1. The zero-order valence-electron chi connectivity index (χ0n) is 11.4. The van der Waals surface area contributed by atoms with Crippen LogP contribution in [0.4, 0.5) is 11.4 Å². The first-order valence-corrected chi connectivity index (χ1v) is 6.57. The van der Waals surface area contributed by atoms with Crippen molar-refractivity contribution in [1.29, 1.82) is 0 Å². The minimum absolute atomic E-state index is 0.0811. The number of carbonyl (C=O) groups is 1. The SMILES string of the molecule is O=C(Nc1cccc([N+](=O)[O-])c1)[C@H]1COc2ccccc2O1. The van der Waals surface area contributed by atoms with Crippen LogP contribution in [0.2, 0.25) is 0 Å². The Bertz CT molecular complexity index is 731. The zero-order valence-corrected chi connectivity index (χ0v) is 11.4.